The lowest BCUT2D eigenvalue weighted by atomic mass is 9.87. The van der Waals surface area contributed by atoms with Crippen molar-refractivity contribution in [2.45, 2.75) is 103 Å². The molecule has 0 radical (unpaired) electrons. The second-order valence-electron chi connectivity index (χ2n) is 14.8. The Labute approximate surface area is 305 Å². The van der Waals surface area contributed by atoms with E-state index in [0.717, 1.165) is 29.7 Å². The number of carbonyl (C=O) groups is 6. The van der Waals surface area contributed by atoms with Gasteiger partial charge in [-0.3, -0.25) is 28.8 Å². The van der Waals surface area contributed by atoms with Crippen molar-refractivity contribution in [1.29, 1.82) is 0 Å². The summed E-state index contributed by atoms with van der Waals surface area (Å²) in [6.07, 6.45) is 5.02. The minimum absolute atomic E-state index is 0.114. The van der Waals surface area contributed by atoms with Gasteiger partial charge in [0.15, 0.2) is 0 Å². The number of fused-ring (bicyclic) bond motifs is 3. The van der Waals surface area contributed by atoms with Gasteiger partial charge in [0, 0.05) is 57.8 Å². The molecule has 0 spiro atoms. The molecule has 0 aromatic heterocycles. The second kappa shape index (κ2) is 19.5. The van der Waals surface area contributed by atoms with Crippen LogP contribution in [0.25, 0.3) is 0 Å². The number of rotatable bonds is 9. The summed E-state index contributed by atoms with van der Waals surface area (Å²) in [5, 5.41) is 14.2. The van der Waals surface area contributed by atoms with Crippen LogP contribution in [-0.2, 0) is 51.2 Å². The van der Waals surface area contributed by atoms with Crippen LogP contribution in [0.15, 0.2) is 36.4 Å². The fourth-order valence-corrected chi connectivity index (χ4v) is 6.62. The quantitative estimate of drug-likeness (QED) is 0.189. The minimum atomic E-state index is -1.06. The van der Waals surface area contributed by atoms with Crippen molar-refractivity contribution >= 4 is 35.4 Å². The van der Waals surface area contributed by atoms with Crippen LogP contribution in [-0.4, -0.2) is 110 Å². The molecule has 5 atom stereocenters. The number of benzene rings is 1. The van der Waals surface area contributed by atoms with Crippen molar-refractivity contribution in [3.63, 3.8) is 0 Å². The van der Waals surface area contributed by atoms with Gasteiger partial charge < -0.3 is 46.7 Å². The number of hydrogen-bond acceptors (Lipinski definition) is 9. The largest absolute Gasteiger partial charge is 0.378 e. The molecule has 7 N–H and O–H groups in total. The average molecular weight is 726 g/mol. The highest BCUT2D eigenvalue weighted by Crippen LogP contribution is 2.23. The Hall–Kier alpha value is -4.34. The van der Waals surface area contributed by atoms with Crippen LogP contribution in [0.3, 0.4) is 0 Å². The molecule has 1 aromatic rings. The molecule has 286 valence electrons. The first-order chi connectivity index (χ1) is 24.8. The zero-order chi connectivity index (χ0) is 37.7. The molecule has 15 nitrogen and oxygen atoms in total. The summed E-state index contributed by atoms with van der Waals surface area (Å²) in [5.41, 5.74) is 6.54. The van der Waals surface area contributed by atoms with Crippen LogP contribution in [0, 0.1) is 5.41 Å². The van der Waals surface area contributed by atoms with Crippen molar-refractivity contribution in [3.8, 4) is 0 Å². The second-order valence-corrected chi connectivity index (χ2v) is 14.8. The Morgan fingerprint density at radius 3 is 2.44 bits per heavy atom. The molecule has 3 aliphatic rings. The van der Waals surface area contributed by atoms with E-state index in [1.807, 2.05) is 39.0 Å². The number of carbonyl (C=O) groups excluding carboxylic acids is 6. The lowest BCUT2D eigenvalue weighted by Gasteiger charge is -2.31. The van der Waals surface area contributed by atoms with Gasteiger partial charge in [-0.05, 0) is 48.6 Å². The highest BCUT2D eigenvalue weighted by molar-refractivity contribution is 6.00. The lowest BCUT2D eigenvalue weighted by molar-refractivity contribution is -0.138. The van der Waals surface area contributed by atoms with Gasteiger partial charge in [-0.25, -0.2) is 0 Å². The predicted octanol–water partition coefficient (Wildman–Crippen LogP) is -0.0427. The van der Waals surface area contributed by atoms with Crippen molar-refractivity contribution in [3.05, 3.63) is 47.5 Å². The Kier molecular flexibility index (Phi) is 15.1. The van der Waals surface area contributed by atoms with Gasteiger partial charge in [-0.2, -0.15) is 0 Å². The Bertz CT molecular complexity index is 1460. The zero-order valence-corrected chi connectivity index (χ0v) is 30.5. The SMILES string of the molecule is CC(C)(C)C[C@H]1NC(=O)[C@H](CC2CCCO2)NC(=O)[C@H]2CCCN2C(=O)/C=C/C(=O)NCc2cccc(c2)C[C@@H](C(=O)NCCOCCN)NC1=O. The van der Waals surface area contributed by atoms with E-state index in [1.165, 1.54) is 4.90 Å². The van der Waals surface area contributed by atoms with Crippen molar-refractivity contribution in [2.75, 3.05) is 39.5 Å². The van der Waals surface area contributed by atoms with Crippen LogP contribution in [0.1, 0.15) is 70.4 Å². The first-order valence-corrected chi connectivity index (χ1v) is 18.3. The summed E-state index contributed by atoms with van der Waals surface area (Å²) in [6.45, 7) is 7.93. The van der Waals surface area contributed by atoms with E-state index in [1.54, 1.807) is 6.07 Å². The molecule has 3 aliphatic heterocycles. The van der Waals surface area contributed by atoms with Crippen LogP contribution >= 0.6 is 0 Å². The first kappa shape index (κ1) is 40.4. The standard InChI is InChI=1S/C37H55N7O8/c1-37(2,3)22-29-35(49)41-27(33(47)39-14-18-51-17-13-38)20-24-7-4-8-25(19-24)23-40-31(45)11-12-32(46)44-15-5-10-30(44)36(50)42-28(34(48)43-29)21-26-9-6-16-52-26/h4,7-8,11-12,19,26-30H,5-6,9-10,13-18,20-23,38H2,1-3H3,(H,39,47)(H,40,45)(H,41,49)(H,42,50)(H,43,48)/b12-11+/t26?,27-,28-,29+,30+/m0/s1. The number of nitrogens with one attached hydrogen (secondary N) is 5. The molecule has 2 bridgehead atoms. The number of hydrogen-bond donors (Lipinski definition) is 6. The maximum absolute atomic E-state index is 14.1. The summed E-state index contributed by atoms with van der Waals surface area (Å²) in [4.78, 5) is 82.7. The fourth-order valence-electron chi connectivity index (χ4n) is 6.62. The summed E-state index contributed by atoms with van der Waals surface area (Å²) in [5.74, 6) is -3.06. The molecular weight excluding hydrogens is 670 g/mol. The van der Waals surface area contributed by atoms with Gasteiger partial charge in [0.1, 0.15) is 24.2 Å². The van der Waals surface area contributed by atoms with Gasteiger partial charge in [0.25, 0.3) is 0 Å². The van der Waals surface area contributed by atoms with E-state index < -0.39 is 65.0 Å². The minimum Gasteiger partial charge on any atom is -0.378 e. The highest BCUT2D eigenvalue weighted by atomic mass is 16.5. The van der Waals surface area contributed by atoms with Crippen LogP contribution in [0.4, 0.5) is 0 Å². The predicted molar refractivity (Wildman–Crippen MR) is 192 cm³/mol. The molecule has 15 heteroatoms. The lowest BCUT2D eigenvalue weighted by Crippen LogP contribution is -2.59. The van der Waals surface area contributed by atoms with E-state index in [4.69, 9.17) is 15.2 Å². The zero-order valence-electron chi connectivity index (χ0n) is 30.5. The Balaban J connectivity index is 1.67. The molecule has 6 amide bonds. The molecule has 2 saturated heterocycles. The molecule has 3 heterocycles. The topological polar surface area (TPSA) is 210 Å². The van der Waals surface area contributed by atoms with Crippen molar-refractivity contribution in [1.82, 2.24) is 31.5 Å². The third-order valence-electron chi connectivity index (χ3n) is 9.16. The Morgan fingerprint density at radius 2 is 1.71 bits per heavy atom. The number of nitrogens with two attached hydrogens (primary N) is 1. The third-order valence-corrected chi connectivity index (χ3v) is 9.16. The first-order valence-electron chi connectivity index (χ1n) is 18.3. The molecular formula is C37H55N7O8. The van der Waals surface area contributed by atoms with Crippen LogP contribution in [0.5, 0.6) is 0 Å². The summed E-state index contributed by atoms with van der Waals surface area (Å²) in [7, 11) is 0. The highest BCUT2D eigenvalue weighted by Gasteiger charge is 2.38. The van der Waals surface area contributed by atoms with E-state index in [0.29, 0.717) is 45.6 Å². The average Bonchev–Trinajstić information content (AvgIpc) is 3.81. The molecule has 52 heavy (non-hydrogen) atoms. The van der Waals surface area contributed by atoms with E-state index in [2.05, 4.69) is 26.6 Å². The van der Waals surface area contributed by atoms with Gasteiger partial charge in [-0.1, -0.05) is 45.0 Å². The van der Waals surface area contributed by atoms with Gasteiger partial charge in [0.2, 0.25) is 35.4 Å². The summed E-state index contributed by atoms with van der Waals surface area (Å²) in [6, 6.07) is 3.26. The van der Waals surface area contributed by atoms with Crippen LogP contribution < -0.4 is 32.3 Å². The maximum atomic E-state index is 14.1. The molecule has 0 aliphatic carbocycles. The van der Waals surface area contributed by atoms with Gasteiger partial charge in [0.05, 0.1) is 19.3 Å². The molecule has 1 unspecified atom stereocenters. The smallest absolute Gasteiger partial charge is 0.247 e. The van der Waals surface area contributed by atoms with E-state index in [9.17, 15) is 28.8 Å². The third kappa shape index (κ3) is 12.7. The summed E-state index contributed by atoms with van der Waals surface area (Å²) < 4.78 is 11.2. The number of nitrogens with zero attached hydrogens (tertiary/aromatic N) is 1. The van der Waals surface area contributed by atoms with Crippen molar-refractivity contribution < 1.29 is 38.2 Å². The normalized spacial score (nSPS) is 26.0. The molecule has 4 rings (SSSR count). The van der Waals surface area contributed by atoms with E-state index >= 15 is 0 Å². The molecule has 2 fully saturated rings. The van der Waals surface area contributed by atoms with Gasteiger partial charge >= 0.3 is 0 Å². The fraction of sp³-hybridized carbons (Fsp3) is 0.622. The van der Waals surface area contributed by atoms with Crippen LogP contribution in [0.2, 0.25) is 0 Å². The maximum Gasteiger partial charge on any atom is 0.247 e. The number of amides is 6. The summed E-state index contributed by atoms with van der Waals surface area (Å²) >= 11 is 0. The Morgan fingerprint density at radius 1 is 0.962 bits per heavy atom. The molecule has 0 saturated carbocycles. The van der Waals surface area contributed by atoms with Gasteiger partial charge in [-0.15, -0.1) is 0 Å². The monoisotopic (exact) mass is 725 g/mol. The van der Waals surface area contributed by atoms with E-state index in [-0.39, 0.29) is 45.1 Å². The molecule has 1 aromatic carbocycles. The number of ether oxygens (including phenoxy) is 2. The van der Waals surface area contributed by atoms with Crippen molar-refractivity contribution in [2.24, 2.45) is 11.1 Å².